The summed E-state index contributed by atoms with van der Waals surface area (Å²) in [6.45, 7) is 9.20. The summed E-state index contributed by atoms with van der Waals surface area (Å²) in [6.07, 6.45) is 7.94. The summed E-state index contributed by atoms with van der Waals surface area (Å²) in [6, 6.07) is 5.00. The van der Waals surface area contributed by atoms with E-state index < -0.39 is 5.82 Å². The third-order valence-corrected chi connectivity index (χ3v) is 6.48. The first kappa shape index (κ1) is 21.5. The first-order valence-electron chi connectivity index (χ1n) is 11.0. The van der Waals surface area contributed by atoms with Crippen LogP contribution in [0.3, 0.4) is 0 Å². The average Bonchev–Trinajstić information content (AvgIpc) is 3.31. The van der Waals surface area contributed by atoms with Crippen molar-refractivity contribution < 1.29 is 9.18 Å². The zero-order valence-corrected chi connectivity index (χ0v) is 18.9. The fourth-order valence-corrected chi connectivity index (χ4v) is 4.61. The molecule has 2 atom stereocenters. The van der Waals surface area contributed by atoms with Gasteiger partial charge in [-0.1, -0.05) is 0 Å². The molecule has 2 aromatic heterocycles. The SMILES string of the molecule is Cc1cncc2c1c(C[C@H]1CN[C@@H](C)C1)cn2-c1ccc(F)cc1C(=O)N(C)C(C)C. The van der Waals surface area contributed by atoms with Gasteiger partial charge in [-0.2, -0.15) is 0 Å². The van der Waals surface area contributed by atoms with Gasteiger partial charge in [0.2, 0.25) is 0 Å². The predicted molar refractivity (Wildman–Crippen MR) is 122 cm³/mol. The molecule has 0 spiro atoms. The van der Waals surface area contributed by atoms with Gasteiger partial charge in [-0.05, 0) is 82.3 Å². The highest BCUT2D eigenvalue weighted by molar-refractivity contribution is 5.99. The van der Waals surface area contributed by atoms with Gasteiger partial charge >= 0.3 is 0 Å². The van der Waals surface area contributed by atoms with Crippen LogP contribution in [0.25, 0.3) is 16.6 Å². The van der Waals surface area contributed by atoms with Gasteiger partial charge in [-0.15, -0.1) is 0 Å². The van der Waals surface area contributed by atoms with E-state index in [9.17, 15) is 9.18 Å². The van der Waals surface area contributed by atoms with Crippen molar-refractivity contribution in [2.45, 2.75) is 52.6 Å². The van der Waals surface area contributed by atoms with E-state index in [2.05, 4.69) is 30.3 Å². The molecular weight excluding hydrogens is 391 g/mol. The van der Waals surface area contributed by atoms with Crippen LogP contribution >= 0.6 is 0 Å². The number of rotatable bonds is 5. The molecule has 1 aliphatic rings. The van der Waals surface area contributed by atoms with E-state index in [-0.39, 0.29) is 11.9 Å². The van der Waals surface area contributed by atoms with Crippen molar-refractivity contribution in [3.63, 3.8) is 0 Å². The Hall–Kier alpha value is -2.73. The third-order valence-electron chi connectivity index (χ3n) is 6.48. The van der Waals surface area contributed by atoms with Crippen LogP contribution in [-0.4, -0.2) is 46.0 Å². The summed E-state index contributed by atoms with van der Waals surface area (Å²) in [4.78, 5) is 19.2. The van der Waals surface area contributed by atoms with E-state index in [0.29, 0.717) is 23.2 Å². The fraction of sp³-hybridized carbons (Fsp3) is 0.440. The maximum absolute atomic E-state index is 14.2. The van der Waals surface area contributed by atoms with Crippen LogP contribution in [-0.2, 0) is 6.42 Å². The van der Waals surface area contributed by atoms with Gasteiger partial charge in [0, 0.05) is 36.9 Å². The Kier molecular flexibility index (Phi) is 5.84. The van der Waals surface area contributed by atoms with Crippen LogP contribution in [0.1, 0.15) is 48.7 Å². The number of benzene rings is 1. The molecule has 3 aromatic rings. The van der Waals surface area contributed by atoms with Gasteiger partial charge in [-0.25, -0.2) is 4.39 Å². The number of amides is 1. The topological polar surface area (TPSA) is 50.2 Å². The number of carbonyl (C=O) groups is 1. The number of hydrogen-bond acceptors (Lipinski definition) is 3. The molecule has 31 heavy (non-hydrogen) atoms. The minimum absolute atomic E-state index is 0.0151. The van der Waals surface area contributed by atoms with E-state index in [0.717, 1.165) is 30.5 Å². The van der Waals surface area contributed by atoms with Crippen molar-refractivity contribution in [3.05, 3.63) is 59.3 Å². The summed E-state index contributed by atoms with van der Waals surface area (Å²) in [5, 5.41) is 4.71. The smallest absolute Gasteiger partial charge is 0.256 e. The number of hydrogen-bond donors (Lipinski definition) is 1. The molecule has 0 saturated carbocycles. The minimum atomic E-state index is -0.415. The molecule has 164 valence electrons. The van der Waals surface area contributed by atoms with Crippen LogP contribution in [0.4, 0.5) is 4.39 Å². The quantitative estimate of drug-likeness (QED) is 0.659. The third kappa shape index (κ3) is 4.09. The summed E-state index contributed by atoms with van der Waals surface area (Å²) >= 11 is 0. The van der Waals surface area contributed by atoms with Gasteiger partial charge in [0.05, 0.1) is 23.0 Å². The van der Waals surface area contributed by atoms with E-state index in [4.69, 9.17) is 0 Å². The summed E-state index contributed by atoms with van der Waals surface area (Å²) in [5.41, 5.74) is 4.34. The summed E-state index contributed by atoms with van der Waals surface area (Å²) in [7, 11) is 1.75. The Morgan fingerprint density at radius 1 is 1.35 bits per heavy atom. The normalized spacial score (nSPS) is 18.8. The van der Waals surface area contributed by atoms with Gasteiger partial charge in [-0.3, -0.25) is 9.78 Å². The number of aryl methyl sites for hydroxylation is 1. The van der Waals surface area contributed by atoms with E-state index in [1.54, 1.807) is 18.0 Å². The van der Waals surface area contributed by atoms with Crippen molar-refractivity contribution in [3.8, 4) is 5.69 Å². The zero-order chi connectivity index (χ0) is 22.3. The molecule has 0 aliphatic carbocycles. The number of nitrogens with zero attached hydrogens (tertiary/aromatic N) is 3. The second kappa shape index (κ2) is 8.42. The Morgan fingerprint density at radius 3 is 2.81 bits per heavy atom. The van der Waals surface area contributed by atoms with Crippen LogP contribution in [0.5, 0.6) is 0 Å². The molecule has 5 nitrogen and oxygen atoms in total. The Morgan fingerprint density at radius 2 is 2.13 bits per heavy atom. The first-order chi connectivity index (χ1) is 14.8. The van der Waals surface area contributed by atoms with Gasteiger partial charge in [0.15, 0.2) is 0 Å². The molecule has 4 rings (SSSR count). The van der Waals surface area contributed by atoms with Gasteiger partial charge in [0.25, 0.3) is 5.91 Å². The maximum Gasteiger partial charge on any atom is 0.256 e. The second-order valence-corrected chi connectivity index (χ2v) is 9.16. The maximum atomic E-state index is 14.2. The highest BCUT2D eigenvalue weighted by atomic mass is 19.1. The number of pyridine rings is 1. The van der Waals surface area contributed by atoms with E-state index in [1.165, 1.54) is 23.1 Å². The lowest BCUT2D eigenvalue weighted by molar-refractivity contribution is 0.0754. The zero-order valence-electron chi connectivity index (χ0n) is 18.9. The van der Waals surface area contributed by atoms with Crippen molar-refractivity contribution >= 4 is 16.8 Å². The van der Waals surface area contributed by atoms with Crippen molar-refractivity contribution in [1.29, 1.82) is 0 Å². The van der Waals surface area contributed by atoms with Crippen LogP contribution in [0.2, 0.25) is 0 Å². The van der Waals surface area contributed by atoms with Crippen molar-refractivity contribution in [2.75, 3.05) is 13.6 Å². The molecule has 1 fully saturated rings. The van der Waals surface area contributed by atoms with Crippen molar-refractivity contribution in [2.24, 2.45) is 5.92 Å². The van der Waals surface area contributed by atoms with E-state index >= 15 is 0 Å². The Labute approximate surface area is 183 Å². The highest BCUT2D eigenvalue weighted by Crippen LogP contribution is 2.32. The lowest BCUT2D eigenvalue weighted by Gasteiger charge is -2.23. The van der Waals surface area contributed by atoms with E-state index in [1.807, 2.05) is 30.8 Å². The molecule has 1 saturated heterocycles. The molecule has 6 heteroatoms. The largest absolute Gasteiger partial charge is 0.339 e. The highest BCUT2D eigenvalue weighted by Gasteiger charge is 2.25. The number of aromatic nitrogens is 2. The average molecular weight is 423 g/mol. The molecule has 0 radical (unpaired) electrons. The molecular formula is C25H31FN4O. The van der Waals surface area contributed by atoms with Gasteiger partial charge < -0.3 is 14.8 Å². The molecule has 0 bridgehead atoms. The number of fused-ring (bicyclic) bond motifs is 1. The first-order valence-corrected chi connectivity index (χ1v) is 11.0. The molecule has 1 aromatic carbocycles. The molecule has 0 unspecified atom stereocenters. The lowest BCUT2D eigenvalue weighted by Crippen LogP contribution is -2.33. The molecule has 3 heterocycles. The Bertz CT molecular complexity index is 1120. The van der Waals surface area contributed by atoms with Crippen LogP contribution < -0.4 is 5.32 Å². The fourth-order valence-electron chi connectivity index (χ4n) is 4.61. The number of carbonyl (C=O) groups excluding carboxylic acids is 1. The summed E-state index contributed by atoms with van der Waals surface area (Å²) in [5.74, 6) is -0.0356. The summed E-state index contributed by atoms with van der Waals surface area (Å²) < 4.78 is 16.2. The second-order valence-electron chi connectivity index (χ2n) is 9.16. The Balaban J connectivity index is 1.86. The predicted octanol–water partition coefficient (Wildman–Crippen LogP) is 4.49. The monoisotopic (exact) mass is 422 g/mol. The van der Waals surface area contributed by atoms with Crippen molar-refractivity contribution in [1.82, 2.24) is 19.8 Å². The molecule has 1 N–H and O–H groups in total. The molecule has 1 aliphatic heterocycles. The number of halogens is 1. The standard InChI is InChI=1S/C25H31FN4O/c1-15(2)29(5)25(31)21-10-20(26)6-7-22(21)30-14-19(9-18-8-17(4)28-12-18)24-16(3)11-27-13-23(24)30/h6-7,10-11,13-15,17-18,28H,8-9,12H2,1-5H3/t17-,18-/m0/s1. The molecule has 1 amide bonds. The minimum Gasteiger partial charge on any atom is -0.339 e. The number of nitrogens with one attached hydrogen (secondary N) is 1. The lowest BCUT2D eigenvalue weighted by atomic mass is 9.96. The van der Waals surface area contributed by atoms with Crippen LogP contribution in [0.15, 0.2) is 36.8 Å². The van der Waals surface area contributed by atoms with Crippen LogP contribution in [0, 0.1) is 18.7 Å². The van der Waals surface area contributed by atoms with Gasteiger partial charge in [0.1, 0.15) is 5.82 Å².